The Morgan fingerprint density at radius 3 is 1.84 bits per heavy atom. The molecule has 0 spiro atoms. The number of nitrogens with zero attached hydrogens (tertiary/aromatic N) is 1. The van der Waals surface area contributed by atoms with E-state index in [1.54, 1.807) is 30.3 Å². The Morgan fingerprint density at radius 1 is 0.816 bits per heavy atom. The number of amides is 2. The second-order valence-corrected chi connectivity index (χ2v) is 8.27. The lowest BCUT2D eigenvalue weighted by Crippen LogP contribution is -2.60. The van der Waals surface area contributed by atoms with E-state index >= 15 is 0 Å². The van der Waals surface area contributed by atoms with E-state index in [0.717, 1.165) is 39.5 Å². The van der Waals surface area contributed by atoms with Crippen LogP contribution in [0.2, 0.25) is 0 Å². The third-order valence-corrected chi connectivity index (χ3v) is 5.17. The van der Waals surface area contributed by atoms with Crippen LogP contribution in [0.25, 0.3) is 0 Å². The second kappa shape index (κ2) is 13.4. The maximum atomic E-state index is 12.8. The van der Waals surface area contributed by atoms with Gasteiger partial charge in [0, 0.05) is 40.3 Å². The van der Waals surface area contributed by atoms with Crippen LogP contribution >= 0.6 is 0 Å². The van der Waals surface area contributed by atoms with Crippen LogP contribution in [0.4, 0.5) is 10.5 Å². The number of nitrogens with one attached hydrogen (secondary N) is 1. The van der Waals surface area contributed by atoms with E-state index in [2.05, 4.69) is 5.32 Å². The summed E-state index contributed by atoms with van der Waals surface area (Å²) < 4.78 is 26.2. The highest BCUT2D eigenvalue weighted by molar-refractivity contribution is 5.95. The van der Waals surface area contributed by atoms with Gasteiger partial charge in [-0.3, -0.25) is 28.9 Å². The summed E-state index contributed by atoms with van der Waals surface area (Å²) in [6.07, 6.45) is -8.34. The maximum Gasteiger partial charge on any atom is 0.324 e. The van der Waals surface area contributed by atoms with E-state index in [1.807, 2.05) is 0 Å². The standard InChI is InChI=1S/C24H30N2O12/c1-12(27)34-11-18(35-13(2)28)20(36-14(3)29)22(38-16(5)31)21(37-15(4)30)19-23(32)26(24(33)25-19)17-9-7-6-8-10-17/h6-10,18-23,32H,11H2,1-5H3,(H,25,33)/t18-,19-,20-,21-,22-,23-/m0/s1. The minimum Gasteiger partial charge on any atom is -0.462 e. The Bertz CT molecular complexity index is 1050. The summed E-state index contributed by atoms with van der Waals surface area (Å²) in [5, 5.41) is 13.6. The molecular weight excluding hydrogens is 508 g/mol. The molecule has 1 aromatic carbocycles. The minimum atomic E-state index is -1.75. The Labute approximate surface area is 218 Å². The number of rotatable bonds is 11. The average molecular weight is 539 g/mol. The third kappa shape index (κ3) is 8.16. The van der Waals surface area contributed by atoms with Crippen molar-refractivity contribution in [3.63, 3.8) is 0 Å². The number of ether oxygens (including phenoxy) is 5. The molecule has 1 saturated heterocycles. The zero-order chi connectivity index (χ0) is 28.6. The molecule has 2 N–H and O–H groups in total. The Balaban J connectivity index is 2.60. The molecule has 0 aromatic heterocycles. The first-order valence-corrected chi connectivity index (χ1v) is 11.5. The molecule has 208 valence electrons. The molecule has 0 unspecified atom stereocenters. The molecule has 1 aliphatic rings. The van der Waals surface area contributed by atoms with Gasteiger partial charge in [-0.25, -0.2) is 4.79 Å². The summed E-state index contributed by atoms with van der Waals surface area (Å²) in [5.74, 6) is -4.39. The number of hydrogen-bond donors (Lipinski definition) is 2. The minimum absolute atomic E-state index is 0.301. The lowest BCUT2D eigenvalue weighted by molar-refractivity contribution is -0.205. The Kier molecular flexibility index (Phi) is 10.6. The number of aliphatic hydroxyl groups excluding tert-OH is 1. The highest BCUT2D eigenvalue weighted by atomic mass is 16.6. The van der Waals surface area contributed by atoms with Crippen molar-refractivity contribution in [2.45, 2.75) is 71.3 Å². The van der Waals surface area contributed by atoms with Gasteiger partial charge >= 0.3 is 35.9 Å². The SMILES string of the molecule is CC(=O)OC[C@H](OC(C)=O)[C@H](OC(C)=O)[C@H](OC(C)=O)[C@@H](OC(C)=O)[C@@H]1NC(=O)N(c2ccccc2)[C@H]1O. The Morgan fingerprint density at radius 2 is 1.34 bits per heavy atom. The van der Waals surface area contributed by atoms with Crippen LogP contribution in [0.15, 0.2) is 30.3 Å². The maximum absolute atomic E-state index is 12.8. The van der Waals surface area contributed by atoms with Crippen LogP contribution < -0.4 is 10.2 Å². The molecule has 0 aliphatic carbocycles. The number of urea groups is 1. The van der Waals surface area contributed by atoms with Gasteiger partial charge in [0.25, 0.3) is 0 Å². The second-order valence-electron chi connectivity index (χ2n) is 8.27. The van der Waals surface area contributed by atoms with Crippen molar-refractivity contribution in [3.8, 4) is 0 Å². The van der Waals surface area contributed by atoms with Crippen molar-refractivity contribution in [2.75, 3.05) is 11.5 Å². The van der Waals surface area contributed by atoms with Crippen LogP contribution in [0.5, 0.6) is 0 Å². The molecule has 14 nitrogen and oxygen atoms in total. The Hall–Kier alpha value is -4.20. The van der Waals surface area contributed by atoms with Crippen molar-refractivity contribution < 1.29 is 57.6 Å². The summed E-state index contributed by atoms with van der Waals surface area (Å²) in [5.41, 5.74) is 0.301. The lowest BCUT2D eigenvalue weighted by Gasteiger charge is -2.38. The quantitative estimate of drug-likeness (QED) is 0.288. The molecule has 2 amide bonds. The number of carbonyl (C=O) groups is 6. The summed E-state index contributed by atoms with van der Waals surface area (Å²) in [7, 11) is 0. The molecule has 1 aromatic rings. The number of aliphatic hydroxyl groups is 1. The zero-order valence-corrected chi connectivity index (χ0v) is 21.4. The fraction of sp³-hybridized carbons (Fsp3) is 0.500. The van der Waals surface area contributed by atoms with Crippen LogP contribution in [0, 0.1) is 0 Å². The van der Waals surface area contributed by atoms with Crippen molar-refractivity contribution >= 4 is 41.6 Å². The van der Waals surface area contributed by atoms with Gasteiger partial charge in [0.1, 0.15) is 12.6 Å². The van der Waals surface area contributed by atoms with Gasteiger partial charge in [0.2, 0.25) is 0 Å². The van der Waals surface area contributed by atoms with Gasteiger partial charge in [-0.1, -0.05) is 18.2 Å². The number of hydrogen-bond acceptors (Lipinski definition) is 12. The largest absolute Gasteiger partial charge is 0.462 e. The van der Waals surface area contributed by atoms with Gasteiger partial charge in [-0.05, 0) is 12.1 Å². The molecule has 2 rings (SSSR count). The number of esters is 5. The van der Waals surface area contributed by atoms with E-state index in [1.165, 1.54) is 0 Å². The van der Waals surface area contributed by atoms with Gasteiger partial charge < -0.3 is 34.1 Å². The molecular formula is C24H30N2O12. The average Bonchev–Trinajstić information content (AvgIpc) is 3.10. The van der Waals surface area contributed by atoms with Crippen LogP contribution in [-0.4, -0.2) is 84.3 Å². The molecule has 6 atom stereocenters. The first kappa shape index (κ1) is 30.0. The molecule has 1 fully saturated rings. The molecule has 1 aliphatic heterocycles. The molecule has 0 radical (unpaired) electrons. The third-order valence-electron chi connectivity index (χ3n) is 5.17. The smallest absolute Gasteiger partial charge is 0.324 e. The van der Waals surface area contributed by atoms with Crippen LogP contribution in [0.1, 0.15) is 34.6 Å². The highest BCUT2D eigenvalue weighted by Crippen LogP contribution is 2.29. The van der Waals surface area contributed by atoms with Gasteiger partial charge in [0.15, 0.2) is 30.6 Å². The molecule has 38 heavy (non-hydrogen) atoms. The van der Waals surface area contributed by atoms with Gasteiger partial charge in [0.05, 0.1) is 0 Å². The highest BCUT2D eigenvalue weighted by Gasteiger charge is 2.53. The van der Waals surface area contributed by atoms with Gasteiger partial charge in [-0.15, -0.1) is 0 Å². The van der Waals surface area contributed by atoms with Crippen LogP contribution in [-0.2, 0) is 47.7 Å². The molecule has 0 bridgehead atoms. The van der Waals surface area contributed by atoms with Crippen molar-refractivity contribution in [1.29, 1.82) is 0 Å². The summed E-state index contributed by atoms with van der Waals surface area (Å²) in [6.45, 7) is 4.54. The van der Waals surface area contributed by atoms with Crippen molar-refractivity contribution in [3.05, 3.63) is 30.3 Å². The number of carbonyl (C=O) groups excluding carboxylic acids is 6. The topological polar surface area (TPSA) is 184 Å². The summed E-state index contributed by atoms with van der Waals surface area (Å²) in [4.78, 5) is 73.4. The normalized spacial score (nSPS) is 19.7. The monoisotopic (exact) mass is 538 g/mol. The first-order chi connectivity index (χ1) is 17.8. The first-order valence-electron chi connectivity index (χ1n) is 11.5. The van der Waals surface area contributed by atoms with E-state index in [4.69, 9.17) is 23.7 Å². The van der Waals surface area contributed by atoms with Crippen molar-refractivity contribution in [2.24, 2.45) is 0 Å². The predicted molar refractivity (Wildman–Crippen MR) is 126 cm³/mol. The molecule has 1 heterocycles. The number of para-hydroxylation sites is 1. The fourth-order valence-corrected chi connectivity index (χ4v) is 3.88. The fourth-order valence-electron chi connectivity index (χ4n) is 3.88. The number of anilines is 1. The van der Waals surface area contributed by atoms with E-state index in [-0.39, 0.29) is 0 Å². The van der Waals surface area contributed by atoms with Gasteiger partial charge in [-0.2, -0.15) is 0 Å². The number of benzene rings is 1. The van der Waals surface area contributed by atoms with E-state index in [0.29, 0.717) is 5.69 Å². The van der Waals surface area contributed by atoms with E-state index < -0.39 is 79.2 Å². The van der Waals surface area contributed by atoms with E-state index in [9.17, 15) is 33.9 Å². The molecule has 0 saturated carbocycles. The van der Waals surface area contributed by atoms with Crippen LogP contribution in [0.3, 0.4) is 0 Å². The lowest BCUT2D eigenvalue weighted by atomic mass is 9.96. The molecule has 14 heteroatoms. The summed E-state index contributed by atoms with van der Waals surface area (Å²) in [6, 6.07) is 5.85. The zero-order valence-electron chi connectivity index (χ0n) is 21.4. The van der Waals surface area contributed by atoms with Crippen molar-refractivity contribution in [1.82, 2.24) is 5.32 Å². The predicted octanol–water partition coefficient (Wildman–Crippen LogP) is 0.193. The summed E-state index contributed by atoms with van der Waals surface area (Å²) >= 11 is 0.